The van der Waals surface area contributed by atoms with E-state index in [4.69, 9.17) is 14.2 Å². The van der Waals surface area contributed by atoms with Crippen LogP contribution in [0.3, 0.4) is 0 Å². The lowest BCUT2D eigenvalue weighted by molar-refractivity contribution is -0.140. The summed E-state index contributed by atoms with van der Waals surface area (Å²) in [5, 5.41) is 0. The smallest absolute Gasteiger partial charge is 0.305 e. The zero-order valence-electron chi connectivity index (χ0n) is 18.1. The summed E-state index contributed by atoms with van der Waals surface area (Å²) in [5.74, 6) is 1.58. The number of hydrogen-bond acceptors (Lipinski definition) is 4. The number of fused-ring (bicyclic) bond motifs is 1. The zero-order chi connectivity index (χ0) is 21.6. The lowest BCUT2D eigenvalue weighted by Crippen LogP contribution is -2.04. The maximum absolute atomic E-state index is 11.3. The minimum atomic E-state index is -0.189. The molecule has 0 amide bonds. The largest absolute Gasteiger partial charge is 0.493 e. The van der Waals surface area contributed by atoms with Gasteiger partial charge in [0, 0.05) is 12.0 Å². The first-order valence-electron chi connectivity index (χ1n) is 10.9. The Morgan fingerprint density at radius 1 is 1.03 bits per heavy atom. The second-order valence-corrected chi connectivity index (χ2v) is 7.71. The Balaban J connectivity index is 1.46. The number of para-hydroxylation sites is 1. The van der Waals surface area contributed by atoms with Crippen molar-refractivity contribution < 1.29 is 19.0 Å². The molecule has 0 bridgehead atoms. The van der Waals surface area contributed by atoms with Crippen LogP contribution in [-0.4, -0.2) is 19.7 Å². The van der Waals surface area contributed by atoms with Crippen LogP contribution >= 0.6 is 0 Å². The predicted molar refractivity (Wildman–Crippen MR) is 122 cm³/mol. The fourth-order valence-corrected chi connectivity index (χ4v) is 4.10. The second-order valence-electron chi connectivity index (χ2n) is 7.71. The minimum absolute atomic E-state index is 0.0621. The summed E-state index contributed by atoms with van der Waals surface area (Å²) in [6.07, 6.45) is 3.09. The molecule has 1 unspecified atom stereocenters. The van der Waals surface area contributed by atoms with Gasteiger partial charge in [0.15, 0.2) is 0 Å². The second kappa shape index (κ2) is 9.69. The molecule has 0 saturated carbocycles. The minimum Gasteiger partial charge on any atom is -0.493 e. The summed E-state index contributed by atoms with van der Waals surface area (Å²) in [5.41, 5.74) is 6.00. The van der Waals surface area contributed by atoms with E-state index in [9.17, 15) is 4.79 Å². The molecule has 1 aliphatic carbocycles. The van der Waals surface area contributed by atoms with Gasteiger partial charge >= 0.3 is 5.97 Å². The molecule has 4 heteroatoms. The van der Waals surface area contributed by atoms with E-state index >= 15 is 0 Å². The first-order chi connectivity index (χ1) is 15.2. The Morgan fingerprint density at radius 3 is 2.61 bits per heavy atom. The summed E-state index contributed by atoms with van der Waals surface area (Å²) >= 11 is 0. The topological polar surface area (TPSA) is 44.8 Å². The van der Waals surface area contributed by atoms with Crippen LogP contribution in [0.1, 0.15) is 42.6 Å². The standard InChI is InChI=1S/C27H28O4/c1-3-30-25-7-5-4-6-23(25)20-11-15-24-21(18-20)12-16-26(24)31-22-13-8-19(9-14-22)10-17-27(28)29-2/h4-9,11,13-15,18,26H,3,10,12,16-17H2,1-2H3. The van der Waals surface area contributed by atoms with Crippen molar-refractivity contribution in [2.45, 2.75) is 38.7 Å². The molecule has 0 saturated heterocycles. The molecule has 0 N–H and O–H groups in total. The van der Waals surface area contributed by atoms with Crippen LogP contribution in [0.5, 0.6) is 11.5 Å². The Labute approximate surface area is 183 Å². The number of carbonyl (C=O) groups excluding carboxylic acids is 1. The van der Waals surface area contributed by atoms with Gasteiger partial charge in [0.2, 0.25) is 0 Å². The van der Waals surface area contributed by atoms with Crippen molar-refractivity contribution in [2.24, 2.45) is 0 Å². The number of rotatable bonds is 8. The summed E-state index contributed by atoms with van der Waals surface area (Å²) < 4.78 is 16.8. The molecule has 0 heterocycles. The van der Waals surface area contributed by atoms with Crippen LogP contribution in [0.15, 0.2) is 66.7 Å². The van der Waals surface area contributed by atoms with E-state index in [2.05, 4.69) is 24.3 Å². The van der Waals surface area contributed by atoms with Crippen molar-refractivity contribution in [1.29, 1.82) is 0 Å². The van der Waals surface area contributed by atoms with E-state index < -0.39 is 0 Å². The fourth-order valence-electron chi connectivity index (χ4n) is 4.10. The molecule has 0 aromatic heterocycles. The highest BCUT2D eigenvalue weighted by atomic mass is 16.5. The van der Waals surface area contributed by atoms with Crippen molar-refractivity contribution in [3.8, 4) is 22.6 Å². The number of benzene rings is 3. The third-order valence-electron chi connectivity index (χ3n) is 5.71. The molecule has 31 heavy (non-hydrogen) atoms. The van der Waals surface area contributed by atoms with E-state index in [0.29, 0.717) is 19.4 Å². The molecule has 4 nitrogen and oxygen atoms in total. The number of esters is 1. The monoisotopic (exact) mass is 416 g/mol. The Morgan fingerprint density at radius 2 is 1.84 bits per heavy atom. The van der Waals surface area contributed by atoms with Crippen molar-refractivity contribution in [3.05, 3.63) is 83.4 Å². The van der Waals surface area contributed by atoms with Crippen LogP contribution in [0, 0.1) is 0 Å². The van der Waals surface area contributed by atoms with Crippen LogP contribution in [-0.2, 0) is 22.4 Å². The normalized spacial score (nSPS) is 14.7. The van der Waals surface area contributed by atoms with Gasteiger partial charge in [0.1, 0.15) is 17.6 Å². The highest BCUT2D eigenvalue weighted by Crippen LogP contribution is 2.39. The number of carbonyl (C=O) groups is 1. The Kier molecular flexibility index (Phi) is 6.56. The maximum atomic E-state index is 11.3. The first kappa shape index (κ1) is 21.0. The van der Waals surface area contributed by atoms with Gasteiger partial charge in [0.25, 0.3) is 0 Å². The summed E-state index contributed by atoms with van der Waals surface area (Å²) in [7, 11) is 1.42. The molecule has 3 aromatic rings. The van der Waals surface area contributed by atoms with Gasteiger partial charge in [-0.2, -0.15) is 0 Å². The molecule has 1 atom stereocenters. The SMILES string of the molecule is CCOc1ccccc1-c1ccc2c(c1)CCC2Oc1ccc(CCC(=O)OC)cc1. The van der Waals surface area contributed by atoms with Crippen molar-refractivity contribution in [3.63, 3.8) is 0 Å². The van der Waals surface area contributed by atoms with Gasteiger partial charge < -0.3 is 14.2 Å². The van der Waals surface area contributed by atoms with Gasteiger partial charge in [-0.3, -0.25) is 4.79 Å². The highest BCUT2D eigenvalue weighted by molar-refractivity contribution is 5.72. The number of hydrogen-bond donors (Lipinski definition) is 0. The van der Waals surface area contributed by atoms with Crippen LogP contribution in [0.2, 0.25) is 0 Å². The highest BCUT2D eigenvalue weighted by Gasteiger charge is 2.25. The third-order valence-corrected chi connectivity index (χ3v) is 5.71. The van der Waals surface area contributed by atoms with E-state index in [1.54, 1.807) is 0 Å². The first-order valence-corrected chi connectivity index (χ1v) is 10.9. The Bertz CT molecular complexity index is 1040. The molecule has 0 spiro atoms. The van der Waals surface area contributed by atoms with Gasteiger partial charge in [-0.15, -0.1) is 0 Å². The van der Waals surface area contributed by atoms with E-state index in [1.807, 2.05) is 49.4 Å². The molecular formula is C27H28O4. The van der Waals surface area contributed by atoms with Crippen LogP contribution in [0.25, 0.3) is 11.1 Å². The fraction of sp³-hybridized carbons (Fsp3) is 0.296. The van der Waals surface area contributed by atoms with Gasteiger partial charge in [-0.1, -0.05) is 48.5 Å². The molecule has 4 rings (SSSR count). The van der Waals surface area contributed by atoms with Crippen molar-refractivity contribution in [2.75, 3.05) is 13.7 Å². The lowest BCUT2D eigenvalue weighted by Gasteiger charge is -2.16. The van der Waals surface area contributed by atoms with Crippen LogP contribution in [0.4, 0.5) is 0 Å². The lowest BCUT2D eigenvalue weighted by atomic mass is 9.99. The Hall–Kier alpha value is -3.27. The van der Waals surface area contributed by atoms with E-state index in [0.717, 1.165) is 35.5 Å². The average Bonchev–Trinajstić information content (AvgIpc) is 3.21. The number of ether oxygens (including phenoxy) is 3. The average molecular weight is 417 g/mol. The zero-order valence-corrected chi connectivity index (χ0v) is 18.1. The van der Waals surface area contributed by atoms with Crippen molar-refractivity contribution in [1.82, 2.24) is 0 Å². The molecule has 160 valence electrons. The maximum Gasteiger partial charge on any atom is 0.305 e. The summed E-state index contributed by atoms with van der Waals surface area (Å²) in [4.78, 5) is 11.3. The predicted octanol–water partition coefficient (Wildman–Crippen LogP) is 5.92. The van der Waals surface area contributed by atoms with Gasteiger partial charge in [-0.25, -0.2) is 0 Å². The molecule has 0 aliphatic heterocycles. The number of aryl methyl sites for hydroxylation is 2. The van der Waals surface area contributed by atoms with E-state index in [-0.39, 0.29) is 12.1 Å². The van der Waals surface area contributed by atoms with Gasteiger partial charge in [-0.05, 0) is 66.6 Å². The molecular weight excluding hydrogens is 388 g/mol. The van der Waals surface area contributed by atoms with E-state index in [1.165, 1.54) is 23.8 Å². The van der Waals surface area contributed by atoms with Crippen LogP contribution < -0.4 is 9.47 Å². The number of methoxy groups -OCH3 is 1. The molecule has 0 fully saturated rings. The third kappa shape index (κ3) is 4.91. The summed E-state index contributed by atoms with van der Waals surface area (Å²) in [6.45, 7) is 2.66. The molecule has 3 aromatic carbocycles. The molecule has 1 aliphatic rings. The van der Waals surface area contributed by atoms with Gasteiger partial charge in [0.05, 0.1) is 13.7 Å². The summed E-state index contributed by atoms with van der Waals surface area (Å²) in [6, 6.07) is 22.8. The molecule has 0 radical (unpaired) electrons. The van der Waals surface area contributed by atoms with Crippen molar-refractivity contribution >= 4 is 5.97 Å². The quantitative estimate of drug-likeness (QED) is 0.427.